The van der Waals surface area contributed by atoms with Crippen molar-refractivity contribution in [1.29, 1.82) is 0 Å². The van der Waals surface area contributed by atoms with Gasteiger partial charge in [0.05, 0.1) is 17.2 Å². The standard InChI is InChI=1S/C24H22N4O4S/c1-31-16-17-8-5-6-13-21(17)22-15-23(32-19-10-3-2-4-11-19)27-24(26-22)28-33(29,30)20-12-7-9-18(25)14-20/h2-15H,16,25H2,1H3,(H,26,27,28). The van der Waals surface area contributed by atoms with E-state index in [1.165, 1.54) is 12.1 Å². The molecule has 0 saturated carbocycles. The molecule has 33 heavy (non-hydrogen) atoms. The third-order valence-corrected chi connectivity index (χ3v) is 5.98. The van der Waals surface area contributed by atoms with Gasteiger partial charge in [0, 0.05) is 24.4 Å². The molecular formula is C24H22N4O4S. The highest BCUT2D eigenvalue weighted by atomic mass is 32.2. The average Bonchev–Trinajstić information content (AvgIpc) is 2.80. The second kappa shape index (κ2) is 9.68. The number of nitrogens with one attached hydrogen (secondary N) is 1. The zero-order chi connectivity index (χ0) is 23.3. The predicted molar refractivity (Wildman–Crippen MR) is 126 cm³/mol. The molecule has 0 spiro atoms. The van der Waals surface area contributed by atoms with Crippen LogP contribution in [0.5, 0.6) is 11.6 Å². The van der Waals surface area contributed by atoms with Gasteiger partial charge >= 0.3 is 0 Å². The Morgan fingerprint density at radius 3 is 2.42 bits per heavy atom. The lowest BCUT2D eigenvalue weighted by molar-refractivity contribution is 0.185. The van der Waals surface area contributed by atoms with Crippen molar-refractivity contribution < 1.29 is 17.9 Å². The molecule has 168 valence electrons. The normalized spacial score (nSPS) is 11.2. The number of sulfonamides is 1. The lowest BCUT2D eigenvalue weighted by atomic mass is 10.1. The number of methoxy groups -OCH3 is 1. The van der Waals surface area contributed by atoms with Crippen molar-refractivity contribution in [1.82, 2.24) is 9.97 Å². The van der Waals surface area contributed by atoms with Crippen molar-refractivity contribution in [3.63, 3.8) is 0 Å². The Hall–Kier alpha value is -3.95. The summed E-state index contributed by atoms with van der Waals surface area (Å²) < 4.78 is 39.5. The Labute approximate surface area is 192 Å². The van der Waals surface area contributed by atoms with E-state index in [0.717, 1.165) is 11.1 Å². The maximum Gasteiger partial charge on any atom is 0.264 e. The highest BCUT2D eigenvalue weighted by Gasteiger charge is 2.19. The van der Waals surface area contributed by atoms with Crippen LogP contribution in [0.3, 0.4) is 0 Å². The minimum atomic E-state index is -3.98. The van der Waals surface area contributed by atoms with Gasteiger partial charge in [-0.25, -0.2) is 18.1 Å². The van der Waals surface area contributed by atoms with Gasteiger partial charge in [0.15, 0.2) is 0 Å². The van der Waals surface area contributed by atoms with Crippen LogP contribution >= 0.6 is 0 Å². The maximum absolute atomic E-state index is 12.9. The number of nitrogens with zero attached hydrogens (tertiary/aromatic N) is 2. The summed E-state index contributed by atoms with van der Waals surface area (Å²) in [5, 5.41) is 0. The Morgan fingerprint density at radius 1 is 0.909 bits per heavy atom. The smallest absolute Gasteiger partial charge is 0.264 e. The lowest BCUT2D eigenvalue weighted by Gasteiger charge is -2.13. The van der Waals surface area contributed by atoms with E-state index in [-0.39, 0.29) is 16.7 Å². The first kappa shape index (κ1) is 22.3. The van der Waals surface area contributed by atoms with Crippen LogP contribution in [0.1, 0.15) is 5.56 Å². The van der Waals surface area contributed by atoms with Gasteiger partial charge in [-0.1, -0.05) is 48.5 Å². The van der Waals surface area contributed by atoms with Crippen molar-refractivity contribution in [2.24, 2.45) is 0 Å². The third kappa shape index (κ3) is 5.46. The molecule has 0 aliphatic carbocycles. The highest BCUT2D eigenvalue weighted by Crippen LogP contribution is 2.29. The Bertz CT molecular complexity index is 1360. The topological polar surface area (TPSA) is 116 Å². The molecule has 8 nitrogen and oxygen atoms in total. The number of rotatable bonds is 8. The largest absolute Gasteiger partial charge is 0.439 e. The zero-order valence-electron chi connectivity index (χ0n) is 17.8. The number of nitrogen functional groups attached to an aromatic ring is 1. The number of aromatic nitrogens is 2. The van der Waals surface area contributed by atoms with Gasteiger partial charge in [-0.3, -0.25) is 0 Å². The number of benzene rings is 3. The van der Waals surface area contributed by atoms with Gasteiger partial charge in [0.2, 0.25) is 11.8 Å². The predicted octanol–water partition coefficient (Wildman–Crippen LogP) is 4.47. The molecule has 0 aliphatic heterocycles. The summed E-state index contributed by atoms with van der Waals surface area (Å²) >= 11 is 0. The van der Waals surface area contributed by atoms with E-state index in [9.17, 15) is 8.42 Å². The van der Waals surface area contributed by atoms with Crippen LogP contribution in [0.2, 0.25) is 0 Å². The van der Waals surface area contributed by atoms with E-state index in [1.54, 1.807) is 37.4 Å². The van der Waals surface area contributed by atoms with Crippen LogP contribution in [-0.2, 0) is 21.4 Å². The van der Waals surface area contributed by atoms with E-state index >= 15 is 0 Å². The van der Waals surface area contributed by atoms with Crippen LogP contribution in [0.25, 0.3) is 11.3 Å². The van der Waals surface area contributed by atoms with Crippen LogP contribution in [-0.4, -0.2) is 25.5 Å². The monoisotopic (exact) mass is 462 g/mol. The summed E-state index contributed by atoms with van der Waals surface area (Å²) in [4.78, 5) is 8.73. The van der Waals surface area contributed by atoms with Gasteiger partial charge in [-0.15, -0.1) is 0 Å². The molecule has 0 amide bonds. The van der Waals surface area contributed by atoms with E-state index in [1.807, 2.05) is 42.5 Å². The number of anilines is 2. The number of ether oxygens (including phenoxy) is 2. The van der Waals surface area contributed by atoms with Gasteiger partial charge in [0.25, 0.3) is 10.0 Å². The first-order chi connectivity index (χ1) is 15.9. The quantitative estimate of drug-likeness (QED) is 0.371. The number of nitrogens with two attached hydrogens (primary N) is 1. The van der Waals surface area contributed by atoms with Crippen molar-refractivity contribution in [2.45, 2.75) is 11.5 Å². The van der Waals surface area contributed by atoms with Crippen LogP contribution in [0.4, 0.5) is 11.6 Å². The van der Waals surface area contributed by atoms with E-state index < -0.39 is 10.0 Å². The SMILES string of the molecule is COCc1ccccc1-c1cc(Oc2ccccc2)nc(NS(=O)(=O)c2cccc(N)c2)n1. The molecule has 1 heterocycles. The molecule has 0 radical (unpaired) electrons. The Balaban J connectivity index is 1.78. The van der Waals surface area contributed by atoms with Gasteiger partial charge < -0.3 is 15.2 Å². The molecule has 4 rings (SSSR count). The van der Waals surface area contributed by atoms with Crippen LogP contribution < -0.4 is 15.2 Å². The summed E-state index contributed by atoms with van der Waals surface area (Å²) in [5.74, 6) is 0.605. The van der Waals surface area contributed by atoms with Crippen molar-refractivity contribution in [3.05, 3.63) is 90.5 Å². The average molecular weight is 463 g/mol. The number of hydrogen-bond acceptors (Lipinski definition) is 7. The molecule has 9 heteroatoms. The molecule has 3 aromatic carbocycles. The fourth-order valence-electron chi connectivity index (χ4n) is 3.18. The third-order valence-electron chi connectivity index (χ3n) is 4.66. The minimum Gasteiger partial charge on any atom is -0.439 e. The number of hydrogen-bond donors (Lipinski definition) is 2. The molecule has 0 atom stereocenters. The van der Waals surface area contributed by atoms with E-state index in [0.29, 0.717) is 23.7 Å². The zero-order valence-corrected chi connectivity index (χ0v) is 18.6. The molecule has 0 unspecified atom stereocenters. The second-order valence-corrected chi connectivity index (χ2v) is 8.78. The van der Waals surface area contributed by atoms with E-state index in [4.69, 9.17) is 15.2 Å². The lowest BCUT2D eigenvalue weighted by Crippen LogP contribution is -2.16. The fourth-order valence-corrected chi connectivity index (χ4v) is 4.18. The first-order valence-corrected chi connectivity index (χ1v) is 11.5. The second-order valence-electron chi connectivity index (χ2n) is 7.10. The Kier molecular flexibility index (Phi) is 6.53. The summed E-state index contributed by atoms with van der Waals surface area (Å²) in [5.41, 5.74) is 8.21. The molecule has 0 bridgehead atoms. The highest BCUT2D eigenvalue weighted by molar-refractivity contribution is 7.92. The van der Waals surface area contributed by atoms with Gasteiger partial charge in [-0.05, 0) is 35.9 Å². The molecular weight excluding hydrogens is 440 g/mol. The molecule has 4 aromatic rings. The van der Waals surface area contributed by atoms with Crippen molar-refractivity contribution >= 4 is 21.7 Å². The maximum atomic E-state index is 12.9. The summed E-state index contributed by atoms with van der Waals surface area (Å²) in [6, 6.07) is 24.2. The summed E-state index contributed by atoms with van der Waals surface area (Å²) in [6.07, 6.45) is 0. The number of para-hydroxylation sites is 1. The Morgan fingerprint density at radius 2 is 1.67 bits per heavy atom. The van der Waals surface area contributed by atoms with E-state index in [2.05, 4.69) is 14.7 Å². The molecule has 0 aliphatic rings. The summed E-state index contributed by atoms with van der Waals surface area (Å²) in [6.45, 7) is 0.361. The molecule has 1 aromatic heterocycles. The van der Waals surface area contributed by atoms with Gasteiger partial charge in [-0.2, -0.15) is 4.98 Å². The molecule has 3 N–H and O–H groups in total. The first-order valence-electron chi connectivity index (χ1n) is 10.0. The van der Waals surface area contributed by atoms with Gasteiger partial charge in [0.1, 0.15) is 5.75 Å². The molecule has 0 fully saturated rings. The molecule has 0 saturated heterocycles. The van der Waals surface area contributed by atoms with Crippen molar-refractivity contribution in [3.8, 4) is 22.9 Å². The van der Waals surface area contributed by atoms with Crippen LogP contribution in [0.15, 0.2) is 89.8 Å². The van der Waals surface area contributed by atoms with Crippen molar-refractivity contribution in [2.75, 3.05) is 17.6 Å². The fraction of sp³-hybridized carbons (Fsp3) is 0.0833. The summed E-state index contributed by atoms with van der Waals surface area (Å²) in [7, 11) is -2.38. The van der Waals surface area contributed by atoms with Crippen LogP contribution in [0, 0.1) is 0 Å². The minimum absolute atomic E-state index is 0.00168.